The summed E-state index contributed by atoms with van der Waals surface area (Å²) in [5.74, 6) is 0.188. The molecule has 16 heavy (non-hydrogen) atoms. The maximum atomic E-state index is 12.0. The minimum absolute atomic E-state index is 0.188. The summed E-state index contributed by atoms with van der Waals surface area (Å²) in [6, 6.07) is 5.92. The van der Waals surface area contributed by atoms with Crippen LogP contribution in [0.25, 0.3) is 0 Å². The van der Waals surface area contributed by atoms with Crippen LogP contribution in [0.1, 0.15) is 35.7 Å². The summed E-state index contributed by atoms with van der Waals surface area (Å²) in [4.78, 5) is 12.0. The average molecular weight is 215 g/mol. The smallest absolute Gasteiger partial charge is 0.167 e. The van der Waals surface area contributed by atoms with Crippen molar-refractivity contribution < 1.29 is 4.79 Å². The van der Waals surface area contributed by atoms with Gasteiger partial charge in [0.05, 0.1) is 0 Å². The summed E-state index contributed by atoms with van der Waals surface area (Å²) >= 11 is 0. The molecule has 1 aliphatic rings. The monoisotopic (exact) mass is 215 g/mol. The van der Waals surface area contributed by atoms with Crippen LogP contribution in [0, 0.1) is 0 Å². The van der Waals surface area contributed by atoms with E-state index >= 15 is 0 Å². The second kappa shape index (κ2) is 4.52. The highest BCUT2D eigenvalue weighted by molar-refractivity contribution is 6.00. The first-order valence-corrected chi connectivity index (χ1v) is 5.72. The number of benzene rings is 1. The van der Waals surface area contributed by atoms with Crippen LogP contribution < -0.4 is 5.32 Å². The zero-order valence-electron chi connectivity index (χ0n) is 9.68. The van der Waals surface area contributed by atoms with Gasteiger partial charge >= 0.3 is 0 Å². The first-order valence-electron chi connectivity index (χ1n) is 5.72. The summed E-state index contributed by atoms with van der Waals surface area (Å²) in [6.07, 6.45) is 2.56. The van der Waals surface area contributed by atoms with Crippen LogP contribution in [0.4, 0.5) is 5.69 Å². The van der Waals surface area contributed by atoms with Crippen LogP contribution in [-0.2, 0) is 6.42 Å². The number of carbonyl (C=O) groups excluding carboxylic acids is 1. The Hall–Kier alpha value is -1.57. The Labute approximate surface area is 96.4 Å². The van der Waals surface area contributed by atoms with Crippen molar-refractivity contribution in [2.24, 2.45) is 0 Å². The molecule has 1 aromatic carbocycles. The van der Waals surface area contributed by atoms with Gasteiger partial charge < -0.3 is 5.32 Å². The van der Waals surface area contributed by atoms with Gasteiger partial charge in [-0.15, -0.1) is 0 Å². The lowest BCUT2D eigenvalue weighted by atomic mass is 9.93. The fraction of sp³-hybridized carbons (Fsp3) is 0.357. The van der Waals surface area contributed by atoms with Gasteiger partial charge in [0.1, 0.15) is 0 Å². The topological polar surface area (TPSA) is 29.1 Å². The largest absolute Gasteiger partial charge is 0.385 e. The summed E-state index contributed by atoms with van der Waals surface area (Å²) in [5.41, 5.74) is 4.10. The standard InChI is InChI=1S/C14H17NO/c1-10(2)9-14(16)12-5-3-7-13-11(12)6-4-8-15-13/h3,5,7,15H,1,4,6,8-9H2,2H3. The molecule has 0 atom stereocenters. The van der Waals surface area contributed by atoms with E-state index in [4.69, 9.17) is 0 Å². The van der Waals surface area contributed by atoms with Crippen molar-refractivity contribution in [2.45, 2.75) is 26.2 Å². The van der Waals surface area contributed by atoms with E-state index in [1.54, 1.807) is 0 Å². The molecule has 1 heterocycles. The number of hydrogen-bond acceptors (Lipinski definition) is 2. The highest BCUT2D eigenvalue weighted by atomic mass is 16.1. The number of rotatable bonds is 3. The zero-order chi connectivity index (χ0) is 11.5. The van der Waals surface area contributed by atoms with Crippen molar-refractivity contribution in [1.82, 2.24) is 0 Å². The molecule has 1 aliphatic heterocycles. The molecule has 0 unspecified atom stereocenters. The molecule has 0 saturated carbocycles. The molecule has 0 radical (unpaired) electrons. The summed E-state index contributed by atoms with van der Waals surface area (Å²) in [6.45, 7) is 6.70. The third-order valence-corrected chi connectivity index (χ3v) is 2.86. The lowest BCUT2D eigenvalue weighted by Crippen LogP contribution is -2.15. The molecule has 2 nitrogen and oxygen atoms in total. The molecule has 1 aromatic rings. The maximum absolute atomic E-state index is 12.0. The molecule has 0 amide bonds. The predicted octanol–water partition coefficient (Wildman–Crippen LogP) is 3.19. The Morgan fingerprint density at radius 2 is 2.31 bits per heavy atom. The number of carbonyl (C=O) groups is 1. The number of nitrogens with one attached hydrogen (secondary N) is 1. The fourth-order valence-electron chi connectivity index (χ4n) is 2.14. The molecule has 0 spiro atoms. The number of Topliss-reactive ketones (excluding diaryl/α,β-unsaturated/α-hetero) is 1. The Morgan fingerprint density at radius 1 is 1.50 bits per heavy atom. The molecule has 1 N–H and O–H groups in total. The molecule has 2 heteroatoms. The van der Waals surface area contributed by atoms with Crippen LogP contribution in [0.5, 0.6) is 0 Å². The first-order chi connectivity index (χ1) is 7.68. The van der Waals surface area contributed by atoms with E-state index in [9.17, 15) is 4.79 Å². The normalized spacial score (nSPS) is 13.8. The predicted molar refractivity (Wildman–Crippen MR) is 67.0 cm³/mol. The lowest BCUT2D eigenvalue weighted by Gasteiger charge is -2.20. The van der Waals surface area contributed by atoms with Gasteiger partial charge in [0, 0.05) is 24.2 Å². The third kappa shape index (κ3) is 2.16. The van der Waals surface area contributed by atoms with Gasteiger partial charge in [0.25, 0.3) is 0 Å². The Balaban J connectivity index is 2.33. The fourth-order valence-corrected chi connectivity index (χ4v) is 2.14. The van der Waals surface area contributed by atoms with Crippen LogP contribution in [0.15, 0.2) is 30.4 Å². The number of allylic oxidation sites excluding steroid dienone is 1. The molecule has 2 rings (SSSR count). The molecule has 0 aliphatic carbocycles. The van der Waals surface area contributed by atoms with Crippen LogP contribution in [0.3, 0.4) is 0 Å². The van der Waals surface area contributed by atoms with Gasteiger partial charge in [-0.3, -0.25) is 4.79 Å². The molecule has 0 fully saturated rings. The number of hydrogen-bond donors (Lipinski definition) is 1. The minimum Gasteiger partial charge on any atom is -0.385 e. The summed E-state index contributed by atoms with van der Waals surface area (Å²) < 4.78 is 0. The van der Waals surface area contributed by atoms with Crippen molar-refractivity contribution in [3.8, 4) is 0 Å². The summed E-state index contributed by atoms with van der Waals surface area (Å²) in [5, 5.41) is 3.34. The van der Waals surface area contributed by atoms with E-state index in [0.29, 0.717) is 6.42 Å². The van der Waals surface area contributed by atoms with Crippen LogP contribution in [0.2, 0.25) is 0 Å². The maximum Gasteiger partial charge on any atom is 0.167 e. The van der Waals surface area contributed by atoms with Gasteiger partial charge in [-0.2, -0.15) is 0 Å². The first kappa shape index (κ1) is 10.9. The molecule has 0 saturated heterocycles. The van der Waals surface area contributed by atoms with Crippen molar-refractivity contribution in [2.75, 3.05) is 11.9 Å². The van der Waals surface area contributed by atoms with E-state index in [2.05, 4.69) is 11.9 Å². The van der Waals surface area contributed by atoms with E-state index in [1.807, 2.05) is 25.1 Å². The van der Waals surface area contributed by atoms with Crippen LogP contribution >= 0.6 is 0 Å². The Morgan fingerprint density at radius 3 is 3.06 bits per heavy atom. The quantitative estimate of drug-likeness (QED) is 0.619. The van der Waals surface area contributed by atoms with Gasteiger partial charge in [-0.25, -0.2) is 0 Å². The molecule has 0 aromatic heterocycles. The van der Waals surface area contributed by atoms with E-state index < -0.39 is 0 Å². The van der Waals surface area contributed by atoms with Gasteiger partial charge in [0.15, 0.2) is 5.78 Å². The van der Waals surface area contributed by atoms with Crippen molar-refractivity contribution in [1.29, 1.82) is 0 Å². The highest BCUT2D eigenvalue weighted by Crippen LogP contribution is 2.26. The van der Waals surface area contributed by atoms with E-state index in [0.717, 1.165) is 36.2 Å². The van der Waals surface area contributed by atoms with E-state index in [1.165, 1.54) is 5.56 Å². The minimum atomic E-state index is 0.188. The van der Waals surface area contributed by atoms with Gasteiger partial charge in [-0.1, -0.05) is 24.3 Å². The second-order valence-corrected chi connectivity index (χ2v) is 4.42. The number of anilines is 1. The molecule has 84 valence electrons. The molecular weight excluding hydrogens is 198 g/mol. The molecule has 0 bridgehead atoms. The van der Waals surface area contributed by atoms with Gasteiger partial charge in [-0.05, 0) is 31.4 Å². The van der Waals surface area contributed by atoms with Crippen molar-refractivity contribution in [3.05, 3.63) is 41.5 Å². The molecular formula is C14H17NO. The highest BCUT2D eigenvalue weighted by Gasteiger charge is 2.16. The second-order valence-electron chi connectivity index (χ2n) is 4.42. The zero-order valence-corrected chi connectivity index (χ0v) is 9.68. The van der Waals surface area contributed by atoms with Crippen LogP contribution in [-0.4, -0.2) is 12.3 Å². The number of ketones is 1. The lowest BCUT2D eigenvalue weighted by molar-refractivity contribution is 0.0992. The SMILES string of the molecule is C=C(C)CC(=O)c1cccc2c1CCCN2. The summed E-state index contributed by atoms with van der Waals surface area (Å²) in [7, 11) is 0. The van der Waals surface area contributed by atoms with Gasteiger partial charge in [0.2, 0.25) is 0 Å². The van der Waals surface area contributed by atoms with E-state index in [-0.39, 0.29) is 5.78 Å². The Kier molecular flexibility index (Phi) is 3.09. The van der Waals surface area contributed by atoms with Crippen molar-refractivity contribution in [3.63, 3.8) is 0 Å². The van der Waals surface area contributed by atoms with Crippen molar-refractivity contribution >= 4 is 11.5 Å². The average Bonchev–Trinajstić information content (AvgIpc) is 2.27. The third-order valence-electron chi connectivity index (χ3n) is 2.86. The number of fused-ring (bicyclic) bond motifs is 1. The Bertz CT molecular complexity index is 434.